The second-order valence-corrected chi connectivity index (χ2v) is 3.81. The van der Waals surface area contributed by atoms with Gasteiger partial charge in [-0.05, 0) is 5.92 Å². The van der Waals surface area contributed by atoms with Gasteiger partial charge in [-0.2, -0.15) is 0 Å². The van der Waals surface area contributed by atoms with E-state index in [1.807, 2.05) is 36.4 Å². The number of hydrogen-bond donors (Lipinski definition) is 0. The van der Waals surface area contributed by atoms with Gasteiger partial charge in [0.25, 0.3) is 0 Å². The van der Waals surface area contributed by atoms with Crippen LogP contribution in [0.2, 0.25) is 0 Å². The van der Waals surface area contributed by atoms with Crippen molar-refractivity contribution in [3.63, 3.8) is 0 Å². The quantitative estimate of drug-likeness (QED) is 0.636. The van der Waals surface area contributed by atoms with E-state index in [1.54, 1.807) is 0 Å². The lowest BCUT2D eigenvalue weighted by Crippen LogP contribution is -1.89. The molecule has 0 fully saturated rings. The molecule has 0 amide bonds. The van der Waals surface area contributed by atoms with Crippen LogP contribution in [-0.4, -0.2) is 0 Å². The maximum absolute atomic E-state index is 2.33. The average Bonchev–Trinajstić information content (AvgIpc) is 2.29. The van der Waals surface area contributed by atoms with Crippen LogP contribution in [0.5, 0.6) is 0 Å². The molecule has 1 unspecified atom stereocenters. The molecule has 1 aromatic rings. The monoisotopic (exact) mass is 192 g/mol. The van der Waals surface area contributed by atoms with Crippen molar-refractivity contribution in [2.75, 3.05) is 0 Å². The van der Waals surface area contributed by atoms with Crippen LogP contribution in [0, 0.1) is 5.92 Å². The van der Waals surface area contributed by atoms with Crippen molar-refractivity contribution in [2.45, 2.75) is 46.5 Å². The van der Waals surface area contributed by atoms with Crippen molar-refractivity contribution in [2.24, 2.45) is 5.92 Å². The molecular formula is C14H24. The first kappa shape index (κ1) is 13.2. The molecule has 0 spiro atoms. The van der Waals surface area contributed by atoms with Crippen molar-refractivity contribution >= 4 is 0 Å². The maximum atomic E-state index is 2.33. The summed E-state index contributed by atoms with van der Waals surface area (Å²) in [7, 11) is 0. The Morgan fingerprint density at radius 3 is 1.57 bits per heavy atom. The molecule has 0 aromatic heterocycles. The van der Waals surface area contributed by atoms with Gasteiger partial charge < -0.3 is 0 Å². The molecule has 14 heavy (non-hydrogen) atoms. The van der Waals surface area contributed by atoms with Gasteiger partial charge >= 0.3 is 0 Å². The molecule has 0 saturated carbocycles. The Labute approximate surface area is 89.4 Å². The Kier molecular flexibility index (Phi) is 9.73. The molecule has 1 atom stereocenters. The van der Waals surface area contributed by atoms with E-state index in [2.05, 4.69) is 20.8 Å². The van der Waals surface area contributed by atoms with E-state index >= 15 is 0 Å². The van der Waals surface area contributed by atoms with Crippen molar-refractivity contribution in [3.05, 3.63) is 36.4 Å². The van der Waals surface area contributed by atoms with Crippen LogP contribution in [0.1, 0.15) is 46.5 Å². The van der Waals surface area contributed by atoms with Crippen LogP contribution in [0.4, 0.5) is 0 Å². The number of benzene rings is 1. The number of unbranched alkanes of at least 4 members (excludes halogenated alkanes) is 1. The van der Waals surface area contributed by atoms with Crippen LogP contribution < -0.4 is 0 Å². The minimum atomic E-state index is 0.954. The smallest absolute Gasteiger partial charge is 0.0445 e. The van der Waals surface area contributed by atoms with E-state index < -0.39 is 0 Å². The normalized spacial score (nSPS) is 11.4. The van der Waals surface area contributed by atoms with Gasteiger partial charge in [0, 0.05) is 0 Å². The Morgan fingerprint density at radius 2 is 1.29 bits per heavy atom. The second kappa shape index (κ2) is 10.3. The average molecular weight is 192 g/mol. The lowest BCUT2D eigenvalue weighted by molar-refractivity contribution is 0.492. The first-order valence-corrected chi connectivity index (χ1v) is 5.81. The molecule has 0 aliphatic heterocycles. The predicted molar refractivity (Wildman–Crippen MR) is 65.4 cm³/mol. The molecule has 0 N–H and O–H groups in total. The molecule has 0 nitrogen and oxygen atoms in total. The standard InChI is InChI=1S/C8H18.C6H6/c1-4-6-7-8(3)5-2;1-2-4-6-5-3-1/h8H,4-7H2,1-3H3;1-6H. The van der Waals surface area contributed by atoms with Gasteiger partial charge in [-0.3, -0.25) is 0 Å². The minimum Gasteiger partial charge on any atom is -0.0654 e. The lowest BCUT2D eigenvalue weighted by Gasteiger charge is -2.04. The predicted octanol–water partition coefficient (Wildman–Crippen LogP) is 4.91. The molecule has 0 bridgehead atoms. The molecule has 0 aliphatic carbocycles. The molecule has 0 heterocycles. The van der Waals surface area contributed by atoms with E-state index in [0.29, 0.717) is 0 Å². The molecule has 1 aromatic carbocycles. The third-order valence-corrected chi connectivity index (χ3v) is 2.41. The van der Waals surface area contributed by atoms with Gasteiger partial charge in [0.15, 0.2) is 0 Å². The van der Waals surface area contributed by atoms with Crippen LogP contribution in [0.15, 0.2) is 36.4 Å². The highest BCUT2D eigenvalue weighted by Crippen LogP contribution is 2.09. The third kappa shape index (κ3) is 9.31. The van der Waals surface area contributed by atoms with Crippen molar-refractivity contribution in [1.82, 2.24) is 0 Å². The van der Waals surface area contributed by atoms with Crippen molar-refractivity contribution in [1.29, 1.82) is 0 Å². The fraction of sp³-hybridized carbons (Fsp3) is 0.571. The fourth-order valence-corrected chi connectivity index (χ4v) is 1.14. The van der Waals surface area contributed by atoms with E-state index in [9.17, 15) is 0 Å². The topological polar surface area (TPSA) is 0 Å². The highest BCUT2D eigenvalue weighted by Gasteiger charge is 1.94. The summed E-state index contributed by atoms with van der Waals surface area (Å²) >= 11 is 0. The van der Waals surface area contributed by atoms with Gasteiger partial charge in [0.1, 0.15) is 0 Å². The van der Waals surface area contributed by atoms with Gasteiger partial charge in [-0.15, -0.1) is 0 Å². The summed E-state index contributed by atoms with van der Waals surface area (Å²) in [6.07, 6.45) is 5.53. The molecule has 0 radical (unpaired) electrons. The maximum Gasteiger partial charge on any atom is -0.0445 e. The number of hydrogen-bond acceptors (Lipinski definition) is 0. The van der Waals surface area contributed by atoms with E-state index in [0.717, 1.165) is 5.92 Å². The Morgan fingerprint density at radius 1 is 0.857 bits per heavy atom. The molecule has 0 aliphatic rings. The summed E-state index contributed by atoms with van der Waals surface area (Å²) in [5.41, 5.74) is 0. The zero-order valence-corrected chi connectivity index (χ0v) is 9.87. The largest absolute Gasteiger partial charge is 0.0654 e. The molecule has 0 saturated heterocycles. The highest BCUT2D eigenvalue weighted by atomic mass is 14.0. The Balaban J connectivity index is 0.000000249. The zero-order valence-electron chi connectivity index (χ0n) is 9.87. The van der Waals surface area contributed by atoms with Crippen LogP contribution in [0.3, 0.4) is 0 Å². The van der Waals surface area contributed by atoms with E-state index in [-0.39, 0.29) is 0 Å². The van der Waals surface area contributed by atoms with Gasteiger partial charge in [-0.1, -0.05) is 82.9 Å². The first-order chi connectivity index (χ1) is 6.81. The fourth-order valence-electron chi connectivity index (χ4n) is 1.14. The molecule has 80 valence electrons. The minimum absolute atomic E-state index is 0.954. The summed E-state index contributed by atoms with van der Waals surface area (Å²) < 4.78 is 0. The van der Waals surface area contributed by atoms with Gasteiger partial charge in [-0.25, -0.2) is 0 Å². The van der Waals surface area contributed by atoms with Crippen molar-refractivity contribution in [3.8, 4) is 0 Å². The SMILES string of the molecule is CCCCC(C)CC.c1ccccc1. The Hall–Kier alpha value is -0.780. The van der Waals surface area contributed by atoms with Crippen LogP contribution in [-0.2, 0) is 0 Å². The molecule has 1 rings (SSSR count). The van der Waals surface area contributed by atoms with Gasteiger partial charge in [0.2, 0.25) is 0 Å². The summed E-state index contributed by atoms with van der Waals surface area (Å²) in [6, 6.07) is 12.0. The summed E-state index contributed by atoms with van der Waals surface area (Å²) in [5, 5.41) is 0. The zero-order chi connectivity index (χ0) is 10.6. The lowest BCUT2D eigenvalue weighted by atomic mass is 10.0. The Bertz CT molecular complexity index is 152. The van der Waals surface area contributed by atoms with E-state index in [4.69, 9.17) is 0 Å². The highest BCUT2D eigenvalue weighted by molar-refractivity contribution is 4.99. The van der Waals surface area contributed by atoms with Gasteiger partial charge in [0.05, 0.1) is 0 Å². The summed E-state index contributed by atoms with van der Waals surface area (Å²) in [4.78, 5) is 0. The molecular weight excluding hydrogens is 168 g/mol. The number of rotatable bonds is 4. The van der Waals surface area contributed by atoms with E-state index in [1.165, 1.54) is 25.7 Å². The third-order valence-electron chi connectivity index (χ3n) is 2.41. The van der Waals surface area contributed by atoms with Crippen molar-refractivity contribution < 1.29 is 0 Å². The first-order valence-electron chi connectivity index (χ1n) is 5.81. The van der Waals surface area contributed by atoms with Crippen LogP contribution in [0.25, 0.3) is 0 Å². The van der Waals surface area contributed by atoms with Crippen LogP contribution >= 0.6 is 0 Å². The summed E-state index contributed by atoms with van der Waals surface area (Å²) in [5.74, 6) is 0.954. The summed E-state index contributed by atoms with van der Waals surface area (Å²) in [6.45, 7) is 6.85. The molecule has 0 heteroatoms. The second-order valence-electron chi connectivity index (χ2n) is 3.81.